The van der Waals surface area contributed by atoms with Gasteiger partial charge >= 0.3 is 0 Å². The molecule has 1 unspecified atom stereocenters. The average Bonchev–Trinajstić information content (AvgIpc) is 3.09. The van der Waals surface area contributed by atoms with E-state index in [9.17, 15) is 9.59 Å². The Hall–Kier alpha value is -1.96. The molecule has 0 bridgehead atoms. The second-order valence-electron chi connectivity index (χ2n) is 9.28. The second-order valence-corrected chi connectivity index (χ2v) is 9.28. The number of anilines is 1. The summed E-state index contributed by atoms with van der Waals surface area (Å²) in [5.41, 5.74) is 2.61. The number of carbonyl (C=O) groups excluding carboxylic acids is 2. The molecule has 0 aliphatic carbocycles. The Balaban J connectivity index is 1.41. The zero-order chi connectivity index (χ0) is 21.1. The van der Waals surface area contributed by atoms with Gasteiger partial charge in [-0.2, -0.15) is 0 Å². The van der Waals surface area contributed by atoms with Crippen molar-refractivity contribution in [3.8, 4) is 0 Å². The minimum Gasteiger partial charge on any atom is -0.379 e. The SMILES string of the molecule is Cc1ccc(C(=O)N2CCCC3(CCN(C)C3)C2)cc1NC(=O)CN1CCOCC1. The molecule has 7 heteroatoms. The number of benzene rings is 1. The molecule has 3 aliphatic heterocycles. The third kappa shape index (κ3) is 4.85. The van der Waals surface area contributed by atoms with Crippen LogP contribution in [-0.2, 0) is 9.53 Å². The van der Waals surface area contributed by atoms with E-state index in [0.717, 1.165) is 56.9 Å². The highest BCUT2D eigenvalue weighted by atomic mass is 16.5. The zero-order valence-electron chi connectivity index (χ0n) is 18.3. The lowest BCUT2D eigenvalue weighted by molar-refractivity contribution is -0.118. The molecule has 1 spiro atoms. The maximum atomic E-state index is 13.3. The molecule has 3 heterocycles. The fourth-order valence-corrected chi connectivity index (χ4v) is 5.10. The summed E-state index contributed by atoms with van der Waals surface area (Å²) in [6.45, 7) is 9.05. The summed E-state index contributed by atoms with van der Waals surface area (Å²) in [7, 11) is 2.17. The molecule has 1 aromatic carbocycles. The summed E-state index contributed by atoms with van der Waals surface area (Å²) in [6, 6.07) is 5.66. The number of likely N-dealkylation sites (tertiary alicyclic amines) is 2. The Morgan fingerprint density at radius 3 is 2.63 bits per heavy atom. The van der Waals surface area contributed by atoms with E-state index >= 15 is 0 Å². The largest absolute Gasteiger partial charge is 0.379 e. The normalized spacial score (nSPS) is 25.6. The summed E-state index contributed by atoms with van der Waals surface area (Å²) in [5, 5.41) is 3.01. The van der Waals surface area contributed by atoms with Gasteiger partial charge in [0.1, 0.15) is 0 Å². The van der Waals surface area contributed by atoms with Crippen LogP contribution in [0.4, 0.5) is 5.69 Å². The van der Waals surface area contributed by atoms with Crippen LogP contribution < -0.4 is 5.32 Å². The topological polar surface area (TPSA) is 65.1 Å². The fourth-order valence-electron chi connectivity index (χ4n) is 5.10. The van der Waals surface area contributed by atoms with Gasteiger partial charge in [-0.1, -0.05) is 6.07 Å². The lowest BCUT2D eigenvalue weighted by Crippen LogP contribution is -2.47. The number of aryl methyl sites for hydroxylation is 1. The van der Waals surface area contributed by atoms with E-state index in [0.29, 0.717) is 25.3 Å². The molecule has 3 saturated heterocycles. The van der Waals surface area contributed by atoms with Crippen molar-refractivity contribution in [2.75, 3.05) is 71.4 Å². The van der Waals surface area contributed by atoms with Crippen molar-refractivity contribution >= 4 is 17.5 Å². The first-order valence-corrected chi connectivity index (χ1v) is 11.1. The van der Waals surface area contributed by atoms with Crippen molar-refractivity contribution in [2.24, 2.45) is 5.41 Å². The van der Waals surface area contributed by atoms with Gasteiger partial charge in [-0.05, 0) is 57.5 Å². The van der Waals surface area contributed by atoms with Gasteiger partial charge < -0.3 is 19.9 Å². The van der Waals surface area contributed by atoms with Gasteiger partial charge in [-0.25, -0.2) is 0 Å². The number of nitrogens with one attached hydrogen (secondary N) is 1. The molecule has 2 amide bonds. The van der Waals surface area contributed by atoms with Crippen LogP contribution in [0.3, 0.4) is 0 Å². The molecule has 0 radical (unpaired) electrons. The molecular formula is C23H34N4O3. The van der Waals surface area contributed by atoms with Gasteiger partial charge in [0.25, 0.3) is 5.91 Å². The van der Waals surface area contributed by atoms with Crippen LogP contribution in [0.5, 0.6) is 0 Å². The number of hydrogen-bond donors (Lipinski definition) is 1. The standard InChI is InChI=1S/C23H34N4O3/c1-18-4-5-19(14-20(18)24-21(28)15-26-10-12-30-13-11-26)22(29)27-8-3-6-23(17-27)7-9-25(2)16-23/h4-5,14H,3,6-13,15-17H2,1-2H3,(H,24,28). The molecule has 1 atom stereocenters. The second kappa shape index (κ2) is 9.04. The van der Waals surface area contributed by atoms with Gasteiger partial charge in [0.15, 0.2) is 0 Å². The van der Waals surface area contributed by atoms with Crippen LogP contribution in [0.25, 0.3) is 0 Å². The predicted molar refractivity (Wildman–Crippen MR) is 117 cm³/mol. The van der Waals surface area contributed by atoms with E-state index in [2.05, 4.69) is 22.2 Å². The van der Waals surface area contributed by atoms with Crippen LogP contribution in [0.2, 0.25) is 0 Å². The third-order valence-corrected chi connectivity index (χ3v) is 6.81. The van der Waals surface area contributed by atoms with Crippen molar-refractivity contribution in [3.63, 3.8) is 0 Å². The van der Waals surface area contributed by atoms with Crippen LogP contribution in [-0.4, -0.2) is 92.6 Å². The van der Waals surface area contributed by atoms with Crippen molar-refractivity contribution in [2.45, 2.75) is 26.2 Å². The Morgan fingerprint density at radius 2 is 1.90 bits per heavy atom. The van der Waals surface area contributed by atoms with Gasteiger partial charge in [0.2, 0.25) is 5.91 Å². The van der Waals surface area contributed by atoms with E-state index in [1.165, 1.54) is 12.8 Å². The summed E-state index contributed by atoms with van der Waals surface area (Å²) in [4.78, 5) is 32.3. The van der Waals surface area contributed by atoms with Gasteiger partial charge in [0, 0.05) is 49.4 Å². The molecule has 4 rings (SSSR count). The number of carbonyl (C=O) groups is 2. The molecule has 3 fully saturated rings. The Bertz CT molecular complexity index is 789. The predicted octanol–water partition coefficient (Wildman–Crippen LogP) is 1.82. The van der Waals surface area contributed by atoms with Gasteiger partial charge in [0.05, 0.1) is 19.8 Å². The summed E-state index contributed by atoms with van der Waals surface area (Å²) < 4.78 is 5.34. The van der Waals surface area contributed by atoms with E-state index < -0.39 is 0 Å². The molecule has 30 heavy (non-hydrogen) atoms. The van der Waals surface area contributed by atoms with E-state index in [-0.39, 0.29) is 17.2 Å². The van der Waals surface area contributed by atoms with Gasteiger partial charge in [-0.15, -0.1) is 0 Å². The number of nitrogens with zero attached hydrogens (tertiary/aromatic N) is 3. The van der Waals surface area contributed by atoms with Crippen molar-refractivity contribution in [3.05, 3.63) is 29.3 Å². The minimum atomic E-state index is -0.0458. The van der Waals surface area contributed by atoms with Crippen molar-refractivity contribution in [1.82, 2.24) is 14.7 Å². The van der Waals surface area contributed by atoms with Crippen molar-refractivity contribution in [1.29, 1.82) is 0 Å². The van der Waals surface area contributed by atoms with E-state index in [1.54, 1.807) is 0 Å². The highest BCUT2D eigenvalue weighted by Gasteiger charge is 2.41. The van der Waals surface area contributed by atoms with Crippen LogP contribution >= 0.6 is 0 Å². The molecule has 1 N–H and O–H groups in total. The zero-order valence-corrected chi connectivity index (χ0v) is 18.3. The summed E-state index contributed by atoms with van der Waals surface area (Å²) >= 11 is 0. The lowest BCUT2D eigenvalue weighted by Gasteiger charge is -2.40. The molecular weight excluding hydrogens is 380 g/mol. The van der Waals surface area contributed by atoms with Crippen molar-refractivity contribution < 1.29 is 14.3 Å². The summed E-state index contributed by atoms with van der Waals surface area (Å²) in [6.07, 6.45) is 3.44. The highest BCUT2D eigenvalue weighted by Crippen LogP contribution is 2.38. The van der Waals surface area contributed by atoms with Crippen LogP contribution in [0, 0.1) is 12.3 Å². The quantitative estimate of drug-likeness (QED) is 0.814. The number of amides is 2. The highest BCUT2D eigenvalue weighted by molar-refractivity contribution is 5.98. The maximum Gasteiger partial charge on any atom is 0.253 e. The smallest absolute Gasteiger partial charge is 0.253 e. The third-order valence-electron chi connectivity index (χ3n) is 6.81. The molecule has 164 valence electrons. The molecule has 1 aromatic rings. The minimum absolute atomic E-state index is 0.0458. The number of rotatable bonds is 4. The Labute approximate surface area is 179 Å². The first kappa shape index (κ1) is 21.3. The van der Waals surface area contributed by atoms with Gasteiger partial charge in [-0.3, -0.25) is 14.5 Å². The molecule has 0 saturated carbocycles. The van der Waals surface area contributed by atoms with E-state index in [1.807, 2.05) is 30.0 Å². The van der Waals surface area contributed by atoms with E-state index in [4.69, 9.17) is 4.74 Å². The number of ether oxygens (including phenoxy) is 1. The Morgan fingerprint density at radius 1 is 1.10 bits per heavy atom. The molecule has 7 nitrogen and oxygen atoms in total. The lowest BCUT2D eigenvalue weighted by atomic mass is 9.79. The average molecular weight is 415 g/mol. The number of hydrogen-bond acceptors (Lipinski definition) is 5. The summed E-state index contributed by atoms with van der Waals surface area (Å²) in [5.74, 6) is 0.0304. The van der Waals surface area contributed by atoms with Crippen LogP contribution in [0.15, 0.2) is 18.2 Å². The number of morpholine rings is 1. The maximum absolute atomic E-state index is 13.3. The fraction of sp³-hybridized carbons (Fsp3) is 0.652. The Kier molecular flexibility index (Phi) is 6.41. The van der Waals surface area contributed by atoms with Crippen LogP contribution in [0.1, 0.15) is 35.2 Å². The molecule has 0 aromatic heterocycles. The first-order chi connectivity index (χ1) is 14.4. The first-order valence-electron chi connectivity index (χ1n) is 11.1. The monoisotopic (exact) mass is 414 g/mol. The number of piperidine rings is 1. The molecule has 3 aliphatic rings.